The first-order chi connectivity index (χ1) is 9.84. The second-order valence-corrected chi connectivity index (χ2v) is 5.39. The Bertz CT molecular complexity index is 686. The molecule has 1 unspecified atom stereocenters. The zero-order chi connectivity index (χ0) is 13.5. The van der Waals surface area contributed by atoms with Gasteiger partial charge in [-0.05, 0) is 42.2 Å². The van der Waals surface area contributed by atoms with Gasteiger partial charge in [-0.3, -0.25) is 0 Å². The van der Waals surface area contributed by atoms with Gasteiger partial charge in [0.15, 0.2) is 0 Å². The minimum absolute atomic E-state index is 0.291. The summed E-state index contributed by atoms with van der Waals surface area (Å²) in [5.74, 6) is 0. The van der Waals surface area contributed by atoms with E-state index in [0.717, 1.165) is 18.5 Å². The van der Waals surface area contributed by atoms with Crippen molar-refractivity contribution >= 4 is 5.69 Å². The second-order valence-electron chi connectivity index (χ2n) is 5.39. The first-order valence-electron chi connectivity index (χ1n) is 6.97. The van der Waals surface area contributed by atoms with E-state index in [1.807, 2.05) is 12.1 Å². The summed E-state index contributed by atoms with van der Waals surface area (Å²) in [4.78, 5) is 2.37. The number of rotatable bonds is 1. The van der Waals surface area contributed by atoms with Crippen LogP contribution in [0.5, 0.6) is 0 Å². The molecule has 0 N–H and O–H groups in total. The third kappa shape index (κ3) is 1.58. The minimum atomic E-state index is 0.291. The van der Waals surface area contributed by atoms with Crippen molar-refractivity contribution in [2.75, 3.05) is 4.90 Å². The van der Waals surface area contributed by atoms with Gasteiger partial charge in [-0.25, -0.2) is 0 Å². The third-order valence-corrected chi connectivity index (χ3v) is 4.10. The Morgan fingerprint density at radius 3 is 3.10 bits per heavy atom. The fraction of sp³-hybridized carbons (Fsp3) is 0.158. The summed E-state index contributed by atoms with van der Waals surface area (Å²) in [5.41, 5.74) is 6.53. The van der Waals surface area contributed by atoms with Crippen LogP contribution in [0.1, 0.15) is 12.8 Å². The molecule has 0 aromatic heterocycles. The predicted molar refractivity (Wildman–Crippen MR) is 82.1 cm³/mol. The zero-order valence-corrected chi connectivity index (χ0v) is 11.3. The summed E-state index contributed by atoms with van der Waals surface area (Å²) < 4.78 is 0. The summed E-state index contributed by atoms with van der Waals surface area (Å²) in [6.07, 6.45) is 13.0. The van der Waals surface area contributed by atoms with E-state index in [-0.39, 0.29) is 0 Å². The molecule has 1 aromatic carbocycles. The first-order valence-corrected chi connectivity index (χ1v) is 6.97. The largest absolute Gasteiger partial charge is 0.323 e. The molecule has 1 atom stereocenters. The van der Waals surface area contributed by atoms with Gasteiger partial charge in [-0.15, -0.1) is 0 Å². The van der Waals surface area contributed by atoms with E-state index < -0.39 is 0 Å². The minimum Gasteiger partial charge on any atom is -0.323 e. The number of hydrogen-bond donors (Lipinski definition) is 0. The fourth-order valence-electron chi connectivity index (χ4n) is 3.22. The van der Waals surface area contributed by atoms with Crippen molar-refractivity contribution in [3.05, 3.63) is 89.7 Å². The first kappa shape index (κ1) is 11.4. The maximum atomic E-state index is 4.16. The summed E-state index contributed by atoms with van der Waals surface area (Å²) in [7, 11) is 0. The van der Waals surface area contributed by atoms with E-state index >= 15 is 0 Å². The van der Waals surface area contributed by atoms with Crippen molar-refractivity contribution in [3.63, 3.8) is 0 Å². The molecule has 3 aliphatic rings. The number of allylic oxidation sites excluding steroid dienone is 5. The van der Waals surface area contributed by atoms with Crippen molar-refractivity contribution in [1.82, 2.24) is 0 Å². The molecular formula is C19H15N. The number of nitrogens with zero attached hydrogens (tertiary/aromatic N) is 1. The van der Waals surface area contributed by atoms with Gasteiger partial charge >= 0.3 is 0 Å². The van der Waals surface area contributed by atoms with Gasteiger partial charge in [0.1, 0.15) is 0 Å². The van der Waals surface area contributed by atoms with Gasteiger partial charge < -0.3 is 4.90 Å². The van der Waals surface area contributed by atoms with Crippen molar-refractivity contribution in [2.45, 2.75) is 18.9 Å². The highest BCUT2D eigenvalue weighted by Gasteiger charge is 2.36. The quantitative estimate of drug-likeness (QED) is 0.684. The lowest BCUT2D eigenvalue weighted by atomic mass is 9.91. The average Bonchev–Trinajstić information content (AvgIpc) is 2.82. The molecule has 0 radical (unpaired) electrons. The van der Waals surface area contributed by atoms with Gasteiger partial charge in [0, 0.05) is 5.70 Å². The predicted octanol–water partition coefficient (Wildman–Crippen LogP) is 4.13. The van der Waals surface area contributed by atoms with E-state index in [1.54, 1.807) is 0 Å². The molecule has 0 amide bonds. The van der Waals surface area contributed by atoms with Crippen LogP contribution >= 0.6 is 0 Å². The lowest BCUT2D eigenvalue weighted by Crippen LogP contribution is -2.29. The SMILES string of the molecule is C=C1CC=C2C(=C3C=CC=CC3N2c2c#cccc2)C1. The smallest absolute Gasteiger partial charge is 0.0935 e. The molecule has 1 aromatic rings. The molecule has 0 fully saturated rings. The molecule has 1 heterocycles. The third-order valence-electron chi connectivity index (χ3n) is 4.10. The number of anilines is 1. The van der Waals surface area contributed by atoms with Gasteiger partial charge in [0.05, 0.1) is 11.7 Å². The normalized spacial score (nSPS) is 23.4. The maximum absolute atomic E-state index is 4.16. The number of fused-ring (bicyclic) bond motifs is 2. The van der Waals surface area contributed by atoms with E-state index in [9.17, 15) is 0 Å². The van der Waals surface area contributed by atoms with Crippen LogP contribution in [-0.4, -0.2) is 6.04 Å². The summed E-state index contributed by atoms with van der Waals surface area (Å²) in [5, 5.41) is 0. The lowest BCUT2D eigenvalue weighted by Gasteiger charge is -2.28. The van der Waals surface area contributed by atoms with Gasteiger partial charge in [-0.1, -0.05) is 54.7 Å². The van der Waals surface area contributed by atoms with Gasteiger partial charge in [-0.2, -0.15) is 0 Å². The van der Waals surface area contributed by atoms with Crippen LogP contribution in [0.3, 0.4) is 0 Å². The van der Waals surface area contributed by atoms with Crippen LogP contribution in [0.4, 0.5) is 5.69 Å². The molecule has 1 heteroatoms. The molecule has 20 heavy (non-hydrogen) atoms. The van der Waals surface area contributed by atoms with E-state index in [0.29, 0.717) is 6.04 Å². The molecule has 2 aliphatic carbocycles. The maximum Gasteiger partial charge on any atom is 0.0935 e. The molecule has 0 saturated heterocycles. The second kappa shape index (κ2) is 4.28. The topological polar surface area (TPSA) is 3.24 Å². The summed E-state index contributed by atoms with van der Waals surface area (Å²) >= 11 is 0. The van der Waals surface area contributed by atoms with Crippen molar-refractivity contribution in [3.8, 4) is 0 Å². The Morgan fingerprint density at radius 2 is 2.25 bits per heavy atom. The Hall–Kier alpha value is -2.46. The highest BCUT2D eigenvalue weighted by molar-refractivity contribution is 5.70. The van der Waals surface area contributed by atoms with Gasteiger partial charge in [0.25, 0.3) is 0 Å². The Balaban J connectivity index is 1.88. The van der Waals surface area contributed by atoms with E-state index in [2.05, 4.69) is 60.1 Å². The Kier molecular flexibility index (Phi) is 2.44. The molecule has 4 rings (SSSR count). The molecule has 0 saturated carbocycles. The standard InChI is InChI=1S/C19H15N/c1-14-11-12-19-17(13-14)16-9-5-6-10-18(16)20(19)15-7-3-2-4-8-15/h2-3,5-7,9-10,12,18H,1,11,13H2. The van der Waals surface area contributed by atoms with Crippen LogP contribution in [0, 0.1) is 12.1 Å². The Morgan fingerprint density at radius 1 is 1.30 bits per heavy atom. The van der Waals surface area contributed by atoms with Crippen LogP contribution in [0.2, 0.25) is 0 Å². The van der Waals surface area contributed by atoms with Crippen LogP contribution < -0.4 is 4.90 Å². The molecule has 0 spiro atoms. The van der Waals surface area contributed by atoms with E-state index in [4.69, 9.17) is 0 Å². The van der Waals surface area contributed by atoms with E-state index in [1.165, 1.54) is 22.4 Å². The highest BCUT2D eigenvalue weighted by Crippen LogP contribution is 2.44. The monoisotopic (exact) mass is 257 g/mol. The van der Waals surface area contributed by atoms with Crippen LogP contribution in [-0.2, 0) is 0 Å². The lowest BCUT2D eigenvalue weighted by molar-refractivity contribution is 0.901. The van der Waals surface area contributed by atoms with Gasteiger partial charge in [0.2, 0.25) is 0 Å². The molecule has 1 nitrogen and oxygen atoms in total. The Labute approximate surface area is 119 Å². The van der Waals surface area contributed by atoms with Crippen molar-refractivity contribution < 1.29 is 0 Å². The molecule has 1 aliphatic heterocycles. The average molecular weight is 257 g/mol. The summed E-state index contributed by atoms with van der Waals surface area (Å²) in [6.45, 7) is 4.16. The highest BCUT2D eigenvalue weighted by atomic mass is 15.2. The molecule has 0 bridgehead atoms. The fourth-order valence-corrected chi connectivity index (χ4v) is 3.22. The van der Waals surface area contributed by atoms with Crippen LogP contribution in [0.15, 0.2) is 77.6 Å². The zero-order valence-electron chi connectivity index (χ0n) is 11.3. The summed E-state index contributed by atoms with van der Waals surface area (Å²) in [6, 6.07) is 12.6. The molecular weight excluding hydrogens is 242 g/mol. The van der Waals surface area contributed by atoms with Crippen LogP contribution in [0.25, 0.3) is 0 Å². The molecule has 96 valence electrons. The van der Waals surface area contributed by atoms with Crippen molar-refractivity contribution in [1.29, 1.82) is 0 Å². The number of hydrogen-bond acceptors (Lipinski definition) is 1. The van der Waals surface area contributed by atoms with Crippen molar-refractivity contribution in [2.24, 2.45) is 0 Å².